The first-order valence-corrected chi connectivity index (χ1v) is 10.7. The van der Waals surface area contributed by atoms with Gasteiger partial charge in [-0.2, -0.15) is 0 Å². The quantitative estimate of drug-likeness (QED) is 0.520. The van der Waals surface area contributed by atoms with E-state index in [-0.39, 0.29) is 5.91 Å². The molecule has 4 aromatic rings. The fourth-order valence-corrected chi connectivity index (χ4v) is 4.07. The maximum atomic E-state index is 13.0. The average Bonchev–Trinajstić information content (AvgIpc) is 3.27. The molecule has 1 amide bonds. The van der Waals surface area contributed by atoms with Crippen molar-refractivity contribution >= 4 is 16.9 Å². The number of benzene rings is 2. The van der Waals surface area contributed by atoms with Crippen molar-refractivity contribution in [3.05, 3.63) is 84.2 Å². The molecule has 2 N–H and O–H groups in total. The van der Waals surface area contributed by atoms with Gasteiger partial charge in [-0.15, -0.1) is 0 Å². The van der Waals surface area contributed by atoms with Gasteiger partial charge in [0.15, 0.2) is 5.82 Å². The Balaban J connectivity index is 1.22. The molecule has 1 fully saturated rings. The third-order valence-corrected chi connectivity index (χ3v) is 5.85. The highest BCUT2D eigenvalue weighted by Crippen LogP contribution is 2.21. The Morgan fingerprint density at radius 2 is 1.74 bits per heavy atom. The molecule has 1 aliphatic rings. The molecule has 0 unspecified atom stereocenters. The molecule has 3 heterocycles. The number of H-pyrrole nitrogens is 1. The van der Waals surface area contributed by atoms with Crippen molar-refractivity contribution in [1.29, 1.82) is 0 Å². The monoisotopic (exact) mass is 411 g/mol. The first-order chi connectivity index (χ1) is 15.3. The molecule has 2 aromatic heterocycles. The maximum Gasteiger partial charge on any atom is 0.270 e. The van der Waals surface area contributed by atoms with Gasteiger partial charge in [0.1, 0.15) is 11.3 Å². The van der Waals surface area contributed by atoms with Crippen molar-refractivity contribution in [2.45, 2.75) is 25.4 Å². The van der Waals surface area contributed by atoms with Crippen LogP contribution in [0.25, 0.3) is 22.4 Å². The van der Waals surface area contributed by atoms with E-state index < -0.39 is 0 Å². The van der Waals surface area contributed by atoms with Crippen molar-refractivity contribution in [2.24, 2.45) is 0 Å². The number of carbonyl (C=O) groups excluding carboxylic acids is 1. The molecule has 1 saturated heterocycles. The zero-order valence-electron chi connectivity index (χ0n) is 17.3. The molecule has 0 saturated carbocycles. The van der Waals surface area contributed by atoms with Crippen molar-refractivity contribution in [2.75, 3.05) is 13.1 Å². The average molecular weight is 412 g/mol. The van der Waals surface area contributed by atoms with Crippen LogP contribution in [0.4, 0.5) is 0 Å². The zero-order chi connectivity index (χ0) is 21.0. The first-order valence-electron chi connectivity index (χ1n) is 10.7. The Labute approximate surface area is 181 Å². The summed E-state index contributed by atoms with van der Waals surface area (Å²) in [6.07, 6.45) is 3.69. The zero-order valence-corrected chi connectivity index (χ0v) is 17.3. The molecule has 156 valence electrons. The molecule has 0 bridgehead atoms. The van der Waals surface area contributed by atoms with Crippen molar-refractivity contribution in [3.8, 4) is 11.4 Å². The lowest BCUT2D eigenvalue weighted by atomic mass is 10.0. The Bertz CT molecular complexity index is 1160. The minimum atomic E-state index is 0.0285. The second-order valence-electron chi connectivity index (χ2n) is 7.98. The van der Waals surface area contributed by atoms with Gasteiger partial charge in [-0.05, 0) is 24.5 Å². The van der Waals surface area contributed by atoms with E-state index in [1.807, 2.05) is 47.4 Å². The molecule has 0 spiro atoms. The van der Waals surface area contributed by atoms with Crippen LogP contribution in [0, 0.1) is 0 Å². The van der Waals surface area contributed by atoms with Crippen LogP contribution < -0.4 is 5.32 Å². The van der Waals surface area contributed by atoms with Gasteiger partial charge >= 0.3 is 0 Å². The van der Waals surface area contributed by atoms with Crippen molar-refractivity contribution in [3.63, 3.8) is 0 Å². The topological polar surface area (TPSA) is 73.9 Å². The lowest BCUT2D eigenvalue weighted by Gasteiger charge is -2.32. The van der Waals surface area contributed by atoms with E-state index in [2.05, 4.69) is 44.5 Å². The highest BCUT2D eigenvalue weighted by atomic mass is 16.2. The van der Waals surface area contributed by atoms with Crippen molar-refractivity contribution in [1.82, 2.24) is 25.2 Å². The Morgan fingerprint density at radius 1 is 1.03 bits per heavy atom. The molecular formula is C25H25N5O. The highest BCUT2D eigenvalue weighted by Gasteiger charge is 2.24. The first kappa shape index (κ1) is 19.5. The van der Waals surface area contributed by atoms with Crippen LogP contribution in [0.15, 0.2) is 72.9 Å². The summed E-state index contributed by atoms with van der Waals surface area (Å²) in [5.74, 6) is 0.681. The minimum absolute atomic E-state index is 0.0285. The van der Waals surface area contributed by atoms with E-state index in [9.17, 15) is 4.79 Å². The number of hydrogen-bond donors (Lipinski definition) is 2. The maximum absolute atomic E-state index is 13.0. The van der Waals surface area contributed by atoms with Gasteiger partial charge in [0.05, 0.1) is 0 Å². The fraction of sp³-hybridized carbons (Fsp3) is 0.240. The molecule has 5 rings (SSSR count). The standard InChI is InChI=1S/C25H25N5O/c31-25(30-13-11-21(12-14-30)26-16-18-7-3-1-4-8-18)22-15-20-17-27-23(29-24(20)28-22)19-9-5-2-6-10-19/h1-10,15,17,21,26H,11-14,16H2,(H,27,28,29). The lowest BCUT2D eigenvalue weighted by molar-refractivity contribution is 0.0699. The number of piperidine rings is 1. The molecule has 0 aliphatic carbocycles. The summed E-state index contributed by atoms with van der Waals surface area (Å²) >= 11 is 0. The van der Waals surface area contributed by atoms with Gasteiger partial charge in [-0.3, -0.25) is 4.79 Å². The number of amides is 1. The van der Waals surface area contributed by atoms with E-state index in [1.54, 1.807) is 6.20 Å². The third-order valence-electron chi connectivity index (χ3n) is 5.85. The van der Waals surface area contributed by atoms with Crippen LogP contribution in [-0.4, -0.2) is 44.9 Å². The summed E-state index contributed by atoms with van der Waals surface area (Å²) in [5.41, 5.74) is 3.51. The number of nitrogens with zero attached hydrogens (tertiary/aromatic N) is 3. The van der Waals surface area contributed by atoms with Gasteiger partial charge in [0.25, 0.3) is 5.91 Å². The number of rotatable bonds is 5. The normalized spacial score (nSPS) is 14.8. The van der Waals surface area contributed by atoms with Crippen LogP contribution in [0.3, 0.4) is 0 Å². The fourth-order valence-electron chi connectivity index (χ4n) is 4.07. The van der Waals surface area contributed by atoms with E-state index in [0.717, 1.165) is 43.4 Å². The molecule has 6 heteroatoms. The summed E-state index contributed by atoms with van der Waals surface area (Å²) < 4.78 is 0. The van der Waals surface area contributed by atoms with E-state index >= 15 is 0 Å². The predicted octanol–water partition coefficient (Wildman–Crippen LogP) is 4.02. The molecule has 0 radical (unpaired) electrons. The molecule has 1 aliphatic heterocycles. The van der Waals surface area contributed by atoms with E-state index in [0.29, 0.717) is 23.2 Å². The van der Waals surface area contributed by atoms with E-state index in [1.165, 1.54) is 5.56 Å². The SMILES string of the molecule is O=C(c1cc2cnc(-c3ccccc3)nc2[nH]1)N1CCC(NCc2ccccc2)CC1. The second-order valence-corrected chi connectivity index (χ2v) is 7.98. The minimum Gasteiger partial charge on any atom is -0.337 e. The molecule has 2 aromatic carbocycles. The molecular weight excluding hydrogens is 386 g/mol. The van der Waals surface area contributed by atoms with E-state index in [4.69, 9.17) is 0 Å². The second kappa shape index (κ2) is 8.70. The number of nitrogens with one attached hydrogen (secondary N) is 2. The summed E-state index contributed by atoms with van der Waals surface area (Å²) in [6.45, 7) is 2.37. The van der Waals surface area contributed by atoms with Gasteiger partial charge in [0, 0.05) is 42.8 Å². The van der Waals surface area contributed by atoms with Gasteiger partial charge in [0.2, 0.25) is 0 Å². The summed E-state index contributed by atoms with van der Waals surface area (Å²) in [4.78, 5) is 27.2. The van der Waals surface area contributed by atoms with Gasteiger partial charge < -0.3 is 15.2 Å². The smallest absolute Gasteiger partial charge is 0.270 e. The number of hydrogen-bond acceptors (Lipinski definition) is 4. The number of aromatic nitrogens is 3. The van der Waals surface area contributed by atoms with Crippen LogP contribution >= 0.6 is 0 Å². The number of carbonyl (C=O) groups is 1. The molecule has 6 nitrogen and oxygen atoms in total. The Hall–Kier alpha value is -3.51. The molecule has 0 atom stereocenters. The number of fused-ring (bicyclic) bond motifs is 1. The summed E-state index contributed by atoms with van der Waals surface area (Å²) in [7, 11) is 0. The number of likely N-dealkylation sites (tertiary alicyclic amines) is 1. The largest absolute Gasteiger partial charge is 0.337 e. The van der Waals surface area contributed by atoms with Crippen LogP contribution in [-0.2, 0) is 6.54 Å². The van der Waals surface area contributed by atoms with Crippen LogP contribution in [0.5, 0.6) is 0 Å². The number of aromatic amines is 1. The van der Waals surface area contributed by atoms with Crippen LogP contribution in [0.1, 0.15) is 28.9 Å². The third kappa shape index (κ3) is 4.34. The Morgan fingerprint density at radius 3 is 2.48 bits per heavy atom. The molecule has 31 heavy (non-hydrogen) atoms. The van der Waals surface area contributed by atoms with Crippen LogP contribution in [0.2, 0.25) is 0 Å². The Kier molecular flexibility index (Phi) is 5.46. The predicted molar refractivity (Wildman–Crippen MR) is 122 cm³/mol. The van der Waals surface area contributed by atoms with Gasteiger partial charge in [-0.1, -0.05) is 60.7 Å². The highest BCUT2D eigenvalue weighted by molar-refractivity contribution is 5.97. The van der Waals surface area contributed by atoms with Crippen molar-refractivity contribution < 1.29 is 4.79 Å². The summed E-state index contributed by atoms with van der Waals surface area (Å²) in [5, 5.41) is 4.47. The van der Waals surface area contributed by atoms with Gasteiger partial charge in [-0.25, -0.2) is 9.97 Å². The summed E-state index contributed by atoms with van der Waals surface area (Å²) in [6, 6.07) is 22.6. The lowest BCUT2D eigenvalue weighted by Crippen LogP contribution is -2.44.